The molecule has 0 bridgehead atoms. The number of benzene rings is 3. The average molecular weight is 553 g/mol. The third-order valence-corrected chi connectivity index (χ3v) is 7.72. The molecule has 4 aromatic rings. The van der Waals surface area contributed by atoms with Crippen molar-refractivity contribution < 1.29 is 27.7 Å². The average Bonchev–Trinajstić information content (AvgIpc) is 3.35. The van der Waals surface area contributed by atoms with Crippen LogP contribution < -0.4 is 10.6 Å². The molecule has 1 aromatic heterocycles. The van der Waals surface area contributed by atoms with Crippen molar-refractivity contribution >= 4 is 38.2 Å². The number of oxazole rings is 1. The van der Waals surface area contributed by atoms with Crippen LogP contribution in [0.4, 0.5) is 11.4 Å². The van der Waals surface area contributed by atoms with Gasteiger partial charge >= 0.3 is 0 Å². The van der Waals surface area contributed by atoms with Gasteiger partial charge < -0.3 is 20.2 Å². The summed E-state index contributed by atoms with van der Waals surface area (Å²) in [4.78, 5) is 28.7. The number of hydrogen-bond donors (Lipinski definition) is 3. The van der Waals surface area contributed by atoms with Crippen LogP contribution in [0.15, 0.2) is 83.3 Å². The predicted molar refractivity (Wildman–Crippen MR) is 146 cm³/mol. The van der Waals surface area contributed by atoms with Crippen LogP contribution in [-0.2, 0) is 20.4 Å². The van der Waals surface area contributed by atoms with Crippen molar-refractivity contribution in [1.29, 1.82) is 0 Å². The number of nitro groups is 1. The van der Waals surface area contributed by atoms with Crippen LogP contribution in [0.5, 0.6) is 0 Å². The fourth-order valence-electron chi connectivity index (χ4n) is 4.14. The smallest absolute Gasteiger partial charge is 0.292 e. The molecular formula is C27H28N4O7S. The first-order chi connectivity index (χ1) is 18.7. The SMILES string of the molecule is CCC(NC(=O)[C@H](CS(=O)(=O)Cc1ccccc1)Nc1ccccc1[N+](=O)[O-])[C@H](O)c1nc2ccccc2o1. The first-order valence-electron chi connectivity index (χ1n) is 12.2. The first kappa shape index (κ1) is 27.7. The Bertz CT molecular complexity index is 1520. The summed E-state index contributed by atoms with van der Waals surface area (Å²) in [6.45, 7) is 1.73. The largest absolute Gasteiger partial charge is 0.438 e. The van der Waals surface area contributed by atoms with Crippen LogP contribution in [0.1, 0.15) is 30.9 Å². The number of aliphatic hydroxyl groups is 1. The minimum atomic E-state index is -3.85. The Balaban J connectivity index is 1.59. The van der Waals surface area contributed by atoms with Crippen molar-refractivity contribution in [3.05, 3.63) is 100 Å². The van der Waals surface area contributed by atoms with E-state index < -0.39 is 44.6 Å². The van der Waals surface area contributed by atoms with Gasteiger partial charge in [-0.25, -0.2) is 13.4 Å². The summed E-state index contributed by atoms with van der Waals surface area (Å²) in [6.07, 6.45) is -1.06. The molecule has 1 amide bonds. The lowest BCUT2D eigenvalue weighted by atomic mass is 10.1. The maximum Gasteiger partial charge on any atom is 0.292 e. The second-order valence-electron chi connectivity index (χ2n) is 9.00. The molecule has 0 saturated heterocycles. The van der Waals surface area contributed by atoms with E-state index in [9.17, 15) is 28.4 Å². The first-order valence-corrected chi connectivity index (χ1v) is 14.1. The minimum absolute atomic E-state index is 0.00301. The summed E-state index contributed by atoms with van der Waals surface area (Å²) in [5.41, 5.74) is 1.23. The van der Waals surface area contributed by atoms with Gasteiger partial charge in [-0.05, 0) is 30.2 Å². The Kier molecular flexibility index (Phi) is 8.57. The van der Waals surface area contributed by atoms with Gasteiger partial charge in [0.25, 0.3) is 5.69 Å². The van der Waals surface area contributed by atoms with Gasteiger partial charge in [-0.3, -0.25) is 14.9 Å². The molecule has 0 aliphatic rings. The van der Waals surface area contributed by atoms with E-state index in [1.165, 1.54) is 24.3 Å². The Hall–Kier alpha value is -4.29. The summed E-state index contributed by atoms with van der Waals surface area (Å²) < 4.78 is 31.9. The standard InChI is InChI=1S/C27H28N4O7S/c1-2-19(25(32)27-30-21-13-7-9-15-24(21)38-27)29-26(33)22(28-20-12-6-8-14-23(20)31(34)35)17-39(36,37)16-18-10-4-3-5-11-18/h3-15,19,22,25,28,32H,2,16-17H2,1H3,(H,29,33)/t19?,22-,25-/m0/s1. The Labute approximate surface area is 224 Å². The lowest BCUT2D eigenvalue weighted by Crippen LogP contribution is -2.49. The maximum absolute atomic E-state index is 13.5. The number of anilines is 1. The van der Waals surface area contributed by atoms with Crippen LogP contribution in [0, 0.1) is 10.1 Å². The van der Waals surface area contributed by atoms with E-state index in [0.717, 1.165) is 0 Å². The number of sulfone groups is 1. The van der Waals surface area contributed by atoms with Crippen molar-refractivity contribution in [1.82, 2.24) is 10.3 Å². The van der Waals surface area contributed by atoms with Gasteiger partial charge in [0.1, 0.15) is 17.2 Å². The molecule has 204 valence electrons. The summed E-state index contributed by atoms with van der Waals surface area (Å²) in [5, 5.41) is 27.9. The highest BCUT2D eigenvalue weighted by atomic mass is 32.2. The topological polar surface area (TPSA) is 165 Å². The number of nitrogens with one attached hydrogen (secondary N) is 2. The van der Waals surface area contributed by atoms with Gasteiger partial charge in [0.05, 0.1) is 22.5 Å². The Morgan fingerprint density at radius 1 is 1.05 bits per heavy atom. The van der Waals surface area contributed by atoms with Gasteiger partial charge in [0, 0.05) is 6.07 Å². The van der Waals surface area contributed by atoms with Crippen molar-refractivity contribution in [3.8, 4) is 0 Å². The molecule has 39 heavy (non-hydrogen) atoms. The summed E-state index contributed by atoms with van der Waals surface area (Å²) in [5.74, 6) is -1.72. The fraction of sp³-hybridized carbons (Fsp3) is 0.259. The molecule has 11 nitrogen and oxygen atoms in total. The van der Waals surface area contributed by atoms with E-state index in [4.69, 9.17) is 4.42 Å². The van der Waals surface area contributed by atoms with Gasteiger partial charge in [0.2, 0.25) is 11.8 Å². The summed E-state index contributed by atoms with van der Waals surface area (Å²) in [7, 11) is -3.85. The molecule has 0 radical (unpaired) electrons. The van der Waals surface area contributed by atoms with Crippen molar-refractivity contribution in [3.63, 3.8) is 0 Å². The number of carbonyl (C=O) groups excluding carboxylic acids is 1. The number of para-hydroxylation sites is 4. The molecule has 3 aromatic carbocycles. The zero-order valence-electron chi connectivity index (χ0n) is 21.1. The third kappa shape index (κ3) is 6.98. The molecule has 0 aliphatic heterocycles. The zero-order chi connectivity index (χ0) is 28.0. The number of fused-ring (bicyclic) bond motifs is 1. The zero-order valence-corrected chi connectivity index (χ0v) is 21.9. The highest BCUT2D eigenvalue weighted by Crippen LogP contribution is 2.26. The minimum Gasteiger partial charge on any atom is -0.438 e. The van der Waals surface area contributed by atoms with Crippen LogP contribution in [0.25, 0.3) is 11.1 Å². The summed E-state index contributed by atoms with van der Waals surface area (Å²) >= 11 is 0. The fourth-order valence-corrected chi connectivity index (χ4v) is 5.70. The number of nitrogens with zero attached hydrogens (tertiary/aromatic N) is 2. The molecule has 0 fully saturated rings. The number of amides is 1. The highest BCUT2D eigenvalue weighted by Gasteiger charge is 2.32. The van der Waals surface area contributed by atoms with Gasteiger partial charge in [-0.2, -0.15) is 0 Å². The van der Waals surface area contributed by atoms with Crippen molar-refractivity contribution in [2.24, 2.45) is 0 Å². The second-order valence-corrected chi connectivity index (χ2v) is 11.1. The van der Waals surface area contributed by atoms with Crippen LogP contribution >= 0.6 is 0 Å². The van der Waals surface area contributed by atoms with E-state index in [1.807, 2.05) is 0 Å². The molecule has 3 N–H and O–H groups in total. The van der Waals surface area contributed by atoms with Crippen LogP contribution in [-0.4, -0.2) is 47.2 Å². The normalized spacial score (nSPS) is 13.9. The number of nitro benzene ring substituents is 1. The van der Waals surface area contributed by atoms with E-state index in [0.29, 0.717) is 16.7 Å². The molecular weight excluding hydrogens is 524 g/mol. The van der Waals surface area contributed by atoms with Crippen molar-refractivity contribution in [2.45, 2.75) is 37.3 Å². The van der Waals surface area contributed by atoms with Gasteiger partial charge in [0.15, 0.2) is 21.5 Å². The molecule has 1 unspecified atom stereocenters. The van der Waals surface area contributed by atoms with Crippen LogP contribution in [0.3, 0.4) is 0 Å². The molecule has 12 heteroatoms. The summed E-state index contributed by atoms with van der Waals surface area (Å²) in [6, 6.07) is 18.8. The third-order valence-electron chi connectivity index (χ3n) is 6.11. The Morgan fingerprint density at radius 2 is 1.72 bits per heavy atom. The molecule has 1 heterocycles. The predicted octanol–water partition coefficient (Wildman–Crippen LogP) is 3.76. The second kappa shape index (κ2) is 12.0. The number of rotatable bonds is 12. The number of aliphatic hydroxyl groups excluding tert-OH is 1. The lowest BCUT2D eigenvalue weighted by Gasteiger charge is -2.25. The van der Waals surface area contributed by atoms with E-state index in [-0.39, 0.29) is 29.4 Å². The molecule has 4 rings (SSSR count). The van der Waals surface area contributed by atoms with Crippen molar-refractivity contribution in [2.75, 3.05) is 11.1 Å². The molecule has 0 aliphatic carbocycles. The number of carbonyl (C=O) groups is 1. The Morgan fingerprint density at radius 3 is 2.41 bits per heavy atom. The van der Waals surface area contributed by atoms with E-state index >= 15 is 0 Å². The molecule has 3 atom stereocenters. The van der Waals surface area contributed by atoms with Gasteiger partial charge in [-0.1, -0.05) is 61.5 Å². The highest BCUT2D eigenvalue weighted by molar-refractivity contribution is 7.90. The van der Waals surface area contributed by atoms with Crippen LogP contribution in [0.2, 0.25) is 0 Å². The number of aromatic nitrogens is 1. The monoisotopic (exact) mass is 552 g/mol. The molecule has 0 spiro atoms. The molecule has 0 saturated carbocycles. The van der Waals surface area contributed by atoms with E-state index in [1.54, 1.807) is 61.5 Å². The quantitative estimate of drug-likeness (QED) is 0.175. The maximum atomic E-state index is 13.5. The van der Waals surface area contributed by atoms with Gasteiger partial charge in [-0.15, -0.1) is 0 Å². The lowest BCUT2D eigenvalue weighted by molar-refractivity contribution is -0.384. The number of hydrogen-bond acceptors (Lipinski definition) is 9. The van der Waals surface area contributed by atoms with E-state index in [2.05, 4.69) is 15.6 Å².